The molecule has 6 nitrogen and oxygen atoms in total. The lowest BCUT2D eigenvalue weighted by atomic mass is 9.69. The van der Waals surface area contributed by atoms with Crippen molar-refractivity contribution in [2.75, 3.05) is 13.2 Å². The number of ether oxygens (including phenoxy) is 3. The SMILES string of the molecule is C=C(C)C(=O)OCCOC(=O)CCC(=O)O[C@H]1CC[C@H](C2CCC(c3cc(F)c(F)c(F)c3)CC2)CC1. The van der Waals surface area contributed by atoms with Crippen LogP contribution in [0.15, 0.2) is 24.3 Å². The summed E-state index contributed by atoms with van der Waals surface area (Å²) in [5.74, 6) is -4.17. The maximum Gasteiger partial charge on any atom is 0.333 e. The largest absolute Gasteiger partial charge is 0.462 e. The van der Waals surface area contributed by atoms with Gasteiger partial charge in [-0.05, 0) is 93.7 Å². The quantitative estimate of drug-likeness (QED) is 0.124. The Labute approximate surface area is 215 Å². The maximum absolute atomic E-state index is 13.6. The number of rotatable bonds is 10. The predicted octanol–water partition coefficient (Wildman–Crippen LogP) is 5.92. The number of benzene rings is 1. The van der Waals surface area contributed by atoms with Gasteiger partial charge in [-0.2, -0.15) is 0 Å². The Morgan fingerprint density at radius 2 is 1.32 bits per heavy atom. The van der Waals surface area contributed by atoms with Crippen LogP contribution in [0, 0.1) is 29.3 Å². The van der Waals surface area contributed by atoms with E-state index in [2.05, 4.69) is 6.58 Å². The van der Waals surface area contributed by atoms with Crippen LogP contribution in [0.25, 0.3) is 0 Å². The molecule has 0 unspecified atom stereocenters. The van der Waals surface area contributed by atoms with Gasteiger partial charge in [0, 0.05) is 5.57 Å². The van der Waals surface area contributed by atoms with Gasteiger partial charge in [-0.15, -0.1) is 0 Å². The Morgan fingerprint density at radius 3 is 1.89 bits per heavy atom. The summed E-state index contributed by atoms with van der Waals surface area (Å²) in [5, 5.41) is 0. The Morgan fingerprint density at radius 1 is 0.811 bits per heavy atom. The van der Waals surface area contributed by atoms with Gasteiger partial charge in [-0.25, -0.2) is 18.0 Å². The van der Waals surface area contributed by atoms with E-state index in [9.17, 15) is 27.6 Å². The standard InChI is InChI=1S/C28H35F3O6/c1-17(2)28(34)36-14-13-35-25(32)11-12-26(33)37-22-9-7-19(8-10-22)18-3-5-20(6-4-18)21-15-23(29)27(31)24(30)16-21/h15-16,18-20,22H,1,3-14H2,2H3/t18?,19-,20?,22-. The smallest absolute Gasteiger partial charge is 0.333 e. The van der Waals surface area contributed by atoms with E-state index >= 15 is 0 Å². The summed E-state index contributed by atoms with van der Waals surface area (Å²) in [6.45, 7) is 4.81. The van der Waals surface area contributed by atoms with Gasteiger partial charge in [0.05, 0.1) is 12.8 Å². The summed E-state index contributed by atoms with van der Waals surface area (Å²) in [4.78, 5) is 35.1. The Hall–Kier alpha value is -2.84. The third-order valence-corrected chi connectivity index (χ3v) is 7.39. The monoisotopic (exact) mass is 524 g/mol. The van der Waals surface area contributed by atoms with Gasteiger partial charge in [0.1, 0.15) is 19.3 Å². The molecule has 1 aromatic carbocycles. The molecule has 3 rings (SSSR count). The van der Waals surface area contributed by atoms with Crippen molar-refractivity contribution in [2.45, 2.75) is 83.2 Å². The zero-order chi connectivity index (χ0) is 26.9. The number of carbonyl (C=O) groups is 3. The molecule has 37 heavy (non-hydrogen) atoms. The molecule has 0 atom stereocenters. The summed E-state index contributed by atoms with van der Waals surface area (Å²) in [5.41, 5.74) is 0.786. The first-order valence-electron chi connectivity index (χ1n) is 13.0. The van der Waals surface area contributed by atoms with Crippen LogP contribution in [0.3, 0.4) is 0 Å². The zero-order valence-electron chi connectivity index (χ0n) is 21.2. The molecule has 2 saturated carbocycles. The van der Waals surface area contributed by atoms with Gasteiger partial charge in [-0.1, -0.05) is 6.58 Å². The highest BCUT2D eigenvalue weighted by atomic mass is 19.2. The highest BCUT2D eigenvalue weighted by Crippen LogP contribution is 2.43. The fourth-order valence-corrected chi connectivity index (χ4v) is 5.35. The van der Waals surface area contributed by atoms with Crippen LogP contribution < -0.4 is 0 Å². The second-order valence-corrected chi connectivity index (χ2v) is 10.1. The minimum atomic E-state index is -1.42. The second kappa shape index (κ2) is 13.6. The predicted molar refractivity (Wildman–Crippen MR) is 129 cm³/mol. The molecule has 0 aliphatic heterocycles. The van der Waals surface area contributed by atoms with Crippen molar-refractivity contribution in [2.24, 2.45) is 11.8 Å². The Kier molecular flexibility index (Phi) is 10.6. The van der Waals surface area contributed by atoms with E-state index in [-0.39, 0.29) is 43.7 Å². The molecule has 0 aromatic heterocycles. The number of esters is 3. The van der Waals surface area contributed by atoms with E-state index in [1.807, 2.05) is 0 Å². The van der Waals surface area contributed by atoms with Gasteiger partial charge < -0.3 is 14.2 Å². The van der Waals surface area contributed by atoms with Crippen LogP contribution in [-0.2, 0) is 28.6 Å². The van der Waals surface area contributed by atoms with Crippen LogP contribution >= 0.6 is 0 Å². The molecule has 2 aliphatic carbocycles. The Balaban J connectivity index is 1.30. The van der Waals surface area contributed by atoms with E-state index in [1.165, 1.54) is 6.92 Å². The van der Waals surface area contributed by atoms with E-state index in [4.69, 9.17) is 14.2 Å². The first-order chi connectivity index (χ1) is 17.6. The van der Waals surface area contributed by atoms with Gasteiger partial charge in [0.25, 0.3) is 0 Å². The van der Waals surface area contributed by atoms with Crippen molar-refractivity contribution in [3.8, 4) is 0 Å². The zero-order valence-corrected chi connectivity index (χ0v) is 21.2. The molecular weight excluding hydrogens is 489 g/mol. The first-order valence-corrected chi connectivity index (χ1v) is 13.0. The molecule has 204 valence electrons. The molecule has 0 heterocycles. The van der Waals surface area contributed by atoms with Crippen LogP contribution in [0.4, 0.5) is 13.2 Å². The van der Waals surface area contributed by atoms with Crippen LogP contribution in [0.5, 0.6) is 0 Å². The molecule has 0 spiro atoms. The second-order valence-electron chi connectivity index (χ2n) is 10.1. The van der Waals surface area contributed by atoms with Gasteiger partial charge in [-0.3, -0.25) is 9.59 Å². The summed E-state index contributed by atoms with van der Waals surface area (Å²) in [6.07, 6.45) is 6.62. The molecular formula is C28H35F3O6. The average molecular weight is 525 g/mol. The minimum Gasteiger partial charge on any atom is -0.462 e. The van der Waals surface area contributed by atoms with Crippen molar-refractivity contribution in [1.29, 1.82) is 0 Å². The molecule has 9 heteroatoms. The third-order valence-electron chi connectivity index (χ3n) is 7.39. The number of carbonyl (C=O) groups excluding carboxylic acids is 3. The minimum absolute atomic E-state index is 0.0381. The molecule has 1 aromatic rings. The average Bonchev–Trinajstić information content (AvgIpc) is 2.88. The molecule has 0 bridgehead atoms. The van der Waals surface area contributed by atoms with Crippen molar-refractivity contribution >= 4 is 17.9 Å². The summed E-state index contributed by atoms with van der Waals surface area (Å²) >= 11 is 0. The lowest BCUT2D eigenvalue weighted by Crippen LogP contribution is -2.29. The maximum atomic E-state index is 13.6. The molecule has 2 fully saturated rings. The fraction of sp³-hybridized carbons (Fsp3) is 0.607. The summed E-state index contributed by atoms with van der Waals surface area (Å²) in [7, 11) is 0. The van der Waals surface area contributed by atoms with Gasteiger partial charge >= 0.3 is 17.9 Å². The van der Waals surface area contributed by atoms with Crippen molar-refractivity contribution in [3.05, 3.63) is 47.3 Å². The molecule has 2 aliphatic rings. The van der Waals surface area contributed by atoms with E-state index in [0.717, 1.165) is 63.5 Å². The van der Waals surface area contributed by atoms with Gasteiger partial charge in [0.15, 0.2) is 17.5 Å². The molecule has 0 radical (unpaired) electrons. The summed E-state index contributed by atoms with van der Waals surface area (Å²) in [6, 6.07) is 2.23. The number of hydrogen-bond donors (Lipinski definition) is 0. The highest BCUT2D eigenvalue weighted by molar-refractivity contribution is 5.86. The third kappa shape index (κ3) is 8.61. The Bertz CT molecular complexity index is 955. The van der Waals surface area contributed by atoms with Gasteiger partial charge in [0.2, 0.25) is 0 Å². The first kappa shape index (κ1) is 28.7. The van der Waals surface area contributed by atoms with Crippen molar-refractivity contribution in [3.63, 3.8) is 0 Å². The molecule has 0 saturated heterocycles. The normalized spacial score (nSPS) is 23.7. The number of halogens is 3. The fourth-order valence-electron chi connectivity index (χ4n) is 5.35. The lowest BCUT2D eigenvalue weighted by Gasteiger charge is -2.37. The van der Waals surface area contributed by atoms with E-state index < -0.39 is 35.4 Å². The number of hydrogen-bond acceptors (Lipinski definition) is 6. The molecule has 0 amide bonds. The topological polar surface area (TPSA) is 78.9 Å². The van der Waals surface area contributed by atoms with Crippen molar-refractivity contribution in [1.82, 2.24) is 0 Å². The van der Waals surface area contributed by atoms with Crippen LogP contribution in [-0.4, -0.2) is 37.2 Å². The van der Waals surface area contributed by atoms with Crippen molar-refractivity contribution < 1.29 is 41.8 Å². The summed E-state index contributed by atoms with van der Waals surface area (Å²) < 4.78 is 55.7. The van der Waals surface area contributed by atoms with E-state index in [1.54, 1.807) is 0 Å². The molecule has 0 N–H and O–H groups in total. The van der Waals surface area contributed by atoms with Crippen LogP contribution in [0.1, 0.15) is 82.6 Å². The van der Waals surface area contributed by atoms with E-state index in [0.29, 0.717) is 17.4 Å². The highest BCUT2D eigenvalue weighted by Gasteiger charge is 2.32. The van der Waals surface area contributed by atoms with Crippen LogP contribution in [0.2, 0.25) is 0 Å². The lowest BCUT2D eigenvalue weighted by molar-refractivity contribution is -0.156.